The van der Waals surface area contributed by atoms with Crippen molar-refractivity contribution >= 4 is 23.2 Å². The summed E-state index contributed by atoms with van der Waals surface area (Å²) in [5, 5.41) is 11.6. The summed E-state index contributed by atoms with van der Waals surface area (Å²) in [4.78, 5) is 17.2. The minimum atomic E-state index is -0.0693. The van der Waals surface area contributed by atoms with Gasteiger partial charge >= 0.3 is 0 Å². The number of piperazine rings is 1. The van der Waals surface area contributed by atoms with Crippen molar-refractivity contribution in [2.45, 2.75) is 13.8 Å². The molecule has 1 fully saturated rings. The Hall–Kier alpha value is -2.93. The minimum Gasteiger partial charge on any atom is -0.368 e. The van der Waals surface area contributed by atoms with Gasteiger partial charge in [-0.3, -0.25) is 4.79 Å². The number of benzene rings is 2. The van der Waals surface area contributed by atoms with Crippen LogP contribution in [0.3, 0.4) is 0 Å². The molecular formula is C20H21ClN6O. The molecule has 0 radical (unpaired) electrons. The molecule has 1 amide bonds. The number of nitrogens with zero attached hydrogens (tertiary/aromatic N) is 6. The van der Waals surface area contributed by atoms with Gasteiger partial charge < -0.3 is 9.80 Å². The lowest BCUT2D eigenvalue weighted by Crippen LogP contribution is -2.49. The zero-order valence-corrected chi connectivity index (χ0v) is 16.6. The van der Waals surface area contributed by atoms with Gasteiger partial charge in [-0.1, -0.05) is 29.3 Å². The summed E-state index contributed by atoms with van der Waals surface area (Å²) < 4.78 is 1.51. The van der Waals surface area contributed by atoms with E-state index < -0.39 is 0 Å². The summed E-state index contributed by atoms with van der Waals surface area (Å²) in [6, 6.07) is 11.7. The first-order valence-electron chi connectivity index (χ1n) is 9.17. The Balaban J connectivity index is 1.49. The second kappa shape index (κ2) is 7.59. The van der Waals surface area contributed by atoms with E-state index in [1.54, 1.807) is 18.2 Å². The molecule has 28 heavy (non-hydrogen) atoms. The number of carbonyl (C=O) groups is 1. The molecule has 1 aliphatic rings. The van der Waals surface area contributed by atoms with E-state index in [4.69, 9.17) is 11.6 Å². The Morgan fingerprint density at radius 3 is 2.50 bits per heavy atom. The average Bonchev–Trinajstić information content (AvgIpc) is 3.23. The van der Waals surface area contributed by atoms with Gasteiger partial charge in [-0.2, -0.15) is 0 Å². The Bertz CT molecular complexity index is 996. The van der Waals surface area contributed by atoms with E-state index >= 15 is 0 Å². The number of anilines is 1. The van der Waals surface area contributed by atoms with Crippen LogP contribution in [0.1, 0.15) is 21.5 Å². The maximum Gasteiger partial charge on any atom is 0.255 e. The van der Waals surface area contributed by atoms with E-state index in [0.29, 0.717) is 29.4 Å². The molecule has 1 aliphatic heterocycles. The first-order valence-corrected chi connectivity index (χ1v) is 9.55. The molecule has 7 nitrogen and oxygen atoms in total. The largest absolute Gasteiger partial charge is 0.368 e. The molecule has 0 saturated carbocycles. The first kappa shape index (κ1) is 18.4. The van der Waals surface area contributed by atoms with Crippen molar-refractivity contribution in [3.63, 3.8) is 0 Å². The maximum absolute atomic E-state index is 13.1. The van der Waals surface area contributed by atoms with E-state index in [-0.39, 0.29) is 5.91 Å². The third-order valence-corrected chi connectivity index (χ3v) is 5.38. The highest BCUT2D eigenvalue weighted by atomic mass is 35.5. The van der Waals surface area contributed by atoms with Crippen molar-refractivity contribution in [1.82, 2.24) is 25.1 Å². The second-order valence-corrected chi connectivity index (χ2v) is 7.39. The molecule has 0 spiro atoms. The molecule has 0 N–H and O–H groups in total. The summed E-state index contributed by atoms with van der Waals surface area (Å²) in [7, 11) is 0. The SMILES string of the molecule is Cc1ccc(N2CCN(C(=O)c3cc(-n4cnnn4)ccc3Cl)CC2)c(C)c1. The molecule has 1 saturated heterocycles. The summed E-state index contributed by atoms with van der Waals surface area (Å²) in [5.41, 5.74) is 4.92. The fourth-order valence-corrected chi connectivity index (χ4v) is 3.78. The van der Waals surface area contributed by atoms with Gasteiger partial charge in [-0.15, -0.1) is 5.10 Å². The Labute approximate surface area is 168 Å². The van der Waals surface area contributed by atoms with Crippen LogP contribution in [-0.4, -0.2) is 57.2 Å². The van der Waals surface area contributed by atoms with E-state index in [1.165, 1.54) is 27.8 Å². The van der Waals surface area contributed by atoms with Crippen LogP contribution >= 0.6 is 11.6 Å². The molecule has 144 valence electrons. The highest BCUT2D eigenvalue weighted by molar-refractivity contribution is 6.33. The molecular weight excluding hydrogens is 376 g/mol. The lowest BCUT2D eigenvalue weighted by Gasteiger charge is -2.37. The normalized spacial score (nSPS) is 14.4. The van der Waals surface area contributed by atoms with Crippen LogP contribution in [0.2, 0.25) is 5.02 Å². The smallest absolute Gasteiger partial charge is 0.255 e. The van der Waals surface area contributed by atoms with Crippen LogP contribution in [0.15, 0.2) is 42.7 Å². The molecule has 2 aromatic carbocycles. The van der Waals surface area contributed by atoms with Crippen LogP contribution in [0.4, 0.5) is 5.69 Å². The summed E-state index contributed by atoms with van der Waals surface area (Å²) in [6.07, 6.45) is 1.49. The summed E-state index contributed by atoms with van der Waals surface area (Å²) in [5.74, 6) is -0.0693. The molecule has 0 atom stereocenters. The lowest BCUT2D eigenvalue weighted by atomic mass is 10.1. The third kappa shape index (κ3) is 3.57. The predicted octanol–water partition coefficient (Wildman–Crippen LogP) is 2.89. The van der Waals surface area contributed by atoms with Gasteiger partial charge in [0.25, 0.3) is 5.91 Å². The van der Waals surface area contributed by atoms with E-state index in [2.05, 4.69) is 52.5 Å². The van der Waals surface area contributed by atoms with E-state index in [1.807, 2.05) is 4.90 Å². The number of hydrogen-bond donors (Lipinski definition) is 0. The van der Waals surface area contributed by atoms with Gasteiger partial charge in [0.2, 0.25) is 0 Å². The van der Waals surface area contributed by atoms with Gasteiger partial charge in [-0.05, 0) is 54.1 Å². The summed E-state index contributed by atoms with van der Waals surface area (Å²) >= 11 is 6.31. The predicted molar refractivity (Wildman–Crippen MR) is 108 cm³/mol. The van der Waals surface area contributed by atoms with Crippen molar-refractivity contribution in [3.8, 4) is 5.69 Å². The standard InChI is InChI=1S/C20H21ClN6O/c1-14-3-6-19(15(2)11-14)25-7-9-26(10-8-25)20(28)17-12-16(4-5-18(17)21)27-13-22-23-24-27/h3-6,11-13H,7-10H2,1-2H3. The number of aromatic nitrogens is 4. The van der Waals surface area contributed by atoms with Gasteiger partial charge in [0, 0.05) is 31.9 Å². The zero-order chi connectivity index (χ0) is 19.7. The topological polar surface area (TPSA) is 67.2 Å². The number of hydrogen-bond acceptors (Lipinski definition) is 5. The molecule has 0 unspecified atom stereocenters. The number of amides is 1. The number of tetrazole rings is 1. The minimum absolute atomic E-state index is 0.0693. The number of carbonyl (C=O) groups excluding carboxylic acids is 1. The van der Waals surface area contributed by atoms with Crippen molar-refractivity contribution < 1.29 is 4.79 Å². The van der Waals surface area contributed by atoms with Gasteiger partial charge in [0.05, 0.1) is 16.3 Å². The summed E-state index contributed by atoms with van der Waals surface area (Å²) in [6.45, 7) is 7.11. The molecule has 0 bridgehead atoms. The van der Waals surface area contributed by atoms with Crippen LogP contribution in [-0.2, 0) is 0 Å². The molecule has 2 heterocycles. The first-order chi connectivity index (χ1) is 13.5. The Morgan fingerprint density at radius 2 is 1.82 bits per heavy atom. The quantitative estimate of drug-likeness (QED) is 0.681. The van der Waals surface area contributed by atoms with E-state index in [9.17, 15) is 4.79 Å². The Morgan fingerprint density at radius 1 is 1.04 bits per heavy atom. The Kier molecular flexibility index (Phi) is 5.00. The number of aryl methyl sites for hydroxylation is 2. The number of halogens is 1. The second-order valence-electron chi connectivity index (χ2n) is 6.99. The monoisotopic (exact) mass is 396 g/mol. The third-order valence-electron chi connectivity index (χ3n) is 5.05. The van der Waals surface area contributed by atoms with Gasteiger partial charge in [0.15, 0.2) is 0 Å². The van der Waals surface area contributed by atoms with Crippen LogP contribution < -0.4 is 4.90 Å². The molecule has 3 aromatic rings. The van der Waals surface area contributed by atoms with Crippen molar-refractivity contribution in [1.29, 1.82) is 0 Å². The van der Waals surface area contributed by atoms with Crippen molar-refractivity contribution in [2.75, 3.05) is 31.1 Å². The molecule has 8 heteroatoms. The fraction of sp³-hybridized carbons (Fsp3) is 0.300. The van der Waals surface area contributed by atoms with Crippen molar-refractivity contribution in [3.05, 3.63) is 64.4 Å². The van der Waals surface area contributed by atoms with Crippen LogP contribution in [0.5, 0.6) is 0 Å². The average molecular weight is 397 g/mol. The van der Waals surface area contributed by atoms with Crippen LogP contribution in [0.25, 0.3) is 5.69 Å². The highest BCUT2D eigenvalue weighted by Gasteiger charge is 2.24. The van der Waals surface area contributed by atoms with Gasteiger partial charge in [0.1, 0.15) is 6.33 Å². The number of rotatable bonds is 3. The molecule has 0 aliphatic carbocycles. The van der Waals surface area contributed by atoms with Gasteiger partial charge in [-0.25, -0.2) is 4.68 Å². The van der Waals surface area contributed by atoms with E-state index in [0.717, 1.165) is 13.1 Å². The zero-order valence-electron chi connectivity index (χ0n) is 15.8. The highest BCUT2D eigenvalue weighted by Crippen LogP contribution is 2.25. The lowest BCUT2D eigenvalue weighted by molar-refractivity contribution is 0.0747. The van der Waals surface area contributed by atoms with Crippen molar-refractivity contribution in [2.24, 2.45) is 0 Å². The van der Waals surface area contributed by atoms with Crippen LogP contribution in [0, 0.1) is 13.8 Å². The maximum atomic E-state index is 13.1. The molecule has 4 rings (SSSR count). The fourth-order valence-electron chi connectivity index (χ4n) is 3.58. The molecule has 1 aromatic heterocycles.